The predicted molar refractivity (Wildman–Crippen MR) is 79.2 cm³/mol. The van der Waals surface area contributed by atoms with Crippen LogP contribution in [0.1, 0.15) is 45.2 Å². The molecule has 1 heteroatoms. The average Bonchev–Trinajstić information content (AvgIpc) is 2.51. The van der Waals surface area contributed by atoms with Crippen molar-refractivity contribution in [3.8, 4) is 0 Å². The van der Waals surface area contributed by atoms with Crippen molar-refractivity contribution in [3.05, 3.63) is 51.5 Å². The highest BCUT2D eigenvalue weighted by Crippen LogP contribution is 2.51. The van der Waals surface area contributed by atoms with Crippen molar-refractivity contribution in [2.75, 3.05) is 0 Å². The lowest BCUT2D eigenvalue weighted by molar-refractivity contribution is 0.657. The molecule has 1 aliphatic rings. The van der Waals surface area contributed by atoms with E-state index in [1.54, 1.807) is 0 Å². The normalized spacial score (nSPS) is 22.2. The quantitative estimate of drug-likeness (QED) is 0.642. The Bertz CT molecular complexity index is 504. The zero-order valence-electron chi connectivity index (χ0n) is 11.0. The lowest BCUT2D eigenvalue weighted by Gasteiger charge is -2.22. The first-order valence-corrected chi connectivity index (χ1v) is 7.00. The Kier molecular flexibility index (Phi) is 3.31. The molecule has 0 atom stereocenters. The van der Waals surface area contributed by atoms with Crippen LogP contribution in [0.25, 0.3) is 5.57 Å². The Morgan fingerprint density at radius 1 is 1.29 bits per heavy atom. The molecule has 90 valence electrons. The highest BCUT2D eigenvalue weighted by Gasteiger charge is 2.38. The summed E-state index contributed by atoms with van der Waals surface area (Å²) in [5, 5.41) is 0. The van der Waals surface area contributed by atoms with Gasteiger partial charge in [0.05, 0.1) is 0 Å². The van der Waals surface area contributed by atoms with E-state index >= 15 is 0 Å². The fourth-order valence-electron chi connectivity index (χ4n) is 2.80. The third kappa shape index (κ3) is 1.81. The van der Waals surface area contributed by atoms with E-state index in [2.05, 4.69) is 74.0 Å². The van der Waals surface area contributed by atoms with E-state index in [4.69, 9.17) is 0 Å². The van der Waals surface area contributed by atoms with E-state index in [-0.39, 0.29) is 5.41 Å². The maximum Gasteiger partial charge on any atom is 0.0256 e. The molecule has 0 aliphatic heterocycles. The number of rotatable bonds is 1. The summed E-state index contributed by atoms with van der Waals surface area (Å²) in [6.07, 6.45) is 5.68. The number of hydrogen-bond acceptors (Lipinski definition) is 0. The molecule has 0 amide bonds. The molecule has 0 spiro atoms. The fraction of sp³-hybridized carbons (Fsp3) is 0.375. The topological polar surface area (TPSA) is 0 Å². The standard InChI is InChI=1S/C16H19Br/c1-5-8-12-11(6-2)15-13(16(12,3)4)9-7-10-14(15)17/h6-10H,5H2,1-4H3/b11-6+,12-8+. The van der Waals surface area contributed by atoms with E-state index in [9.17, 15) is 0 Å². The largest absolute Gasteiger partial charge is 0.0801 e. The van der Waals surface area contributed by atoms with Crippen molar-refractivity contribution in [1.29, 1.82) is 0 Å². The van der Waals surface area contributed by atoms with Crippen molar-refractivity contribution in [1.82, 2.24) is 0 Å². The van der Waals surface area contributed by atoms with Crippen molar-refractivity contribution in [3.63, 3.8) is 0 Å². The molecule has 0 unspecified atom stereocenters. The van der Waals surface area contributed by atoms with Crippen LogP contribution in [0.15, 0.2) is 40.4 Å². The first-order valence-electron chi connectivity index (χ1n) is 6.20. The van der Waals surface area contributed by atoms with Crippen LogP contribution in [0.5, 0.6) is 0 Å². The third-order valence-electron chi connectivity index (χ3n) is 3.62. The second-order valence-electron chi connectivity index (χ2n) is 5.02. The van der Waals surface area contributed by atoms with Crippen molar-refractivity contribution in [2.24, 2.45) is 0 Å². The zero-order valence-corrected chi connectivity index (χ0v) is 12.6. The van der Waals surface area contributed by atoms with E-state index in [1.807, 2.05) is 0 Å². The molecular formula is C16H19Br. The van der Waals surface area contributed by atoms with Crippen molar-refractivity contribution >= 4 is 21.5 Å². The smallest absolute Gasteiger partial charge is 0.0256 e. The fourth-order valence-corrected chi connectivity index (χ4v) is 3.38. The number of hydrogen-bond donors (Lipinski definition) is 0. The van der Waals surface area contributed by atoms with E-state index < -0.39 is 0 Å². The number of benzene rings is 1. The molecule has 17 heavy (non-hydrogen) atoms. The van der Waals surface area contributed by atoms with Crippen molar-refractivity contribution < 1.29 is 0 Å². The molecule has 2 rings (SSSR count). The van der Waals surface area contributed by atoms with Crippen LogP contribution < -0.4 is 0 Å². The van der Waals surface area contributed by atoms with Crippen molar-refractivity contribution in [2.45, 2.75) is 39.5 Å². The number of halogens is 1. The Labute approximate surface area is 113 Å². The summed E-state index contributed by atoms with van der Waals surface area (Å²) < 4.78 is 1.20. The van der Waals surface area contributed by atoms with Gasteiger partial charge in [-0.05, 0) is 41.7 Å². The minimum absolute atomic E-state index is 0.122. The van der Waals surface area contributed by atoms with Gasteiger partial charge in [0.25, 0.3) is 0 Å². The maximum absolute atomic E-state index is 3.69. The van der Waals surface area contributed by atoms with Gasteiger partial charge in [0.15, 0.2) is 0 Å². The first-order chi connectivity index (χ1) is 8.04. The van der Waals surface area contributed by atoms with Crippen LogP contribution in [0.4, 0.5) is 0 Å². The Balaban J connectivity index is 2.77. The monoisotopic (exact) mass is 290 g/mol. The molecule has 0 bridgehead atoms. The molecule has 0 N–H and O–H groups in total. The molecule has 0 aromatic heterocycles. The van der Waals surface area contributed by atoms with Gasteiger partial charge in [-0.25, -0.2) is 0 Å². The average molecular weight is 291 g/mol. The molecule has 0 saturated heterocycles. The van der Waals surface area contributed by atoms with Gasteiger partial charge >= 0.3 is 0 Å². The maximum atomic E-state index is 3.69. The second kappa shape index (κ2) is 4.45. The van der Waals surface area contributed by atoms with Gasteiger partial charge < -0.3 is 0 Å². The van der Waals surface area contributed by atoms with Gasteiger partial charge in [-0.2, -0.15) is 0 Å². The van der Waals surface area contributed by atoms with Crippen LogP contribution >= 0.6 is 15.9 Å². The minimum Gasteiger partial charge on any atom is -0.0801 e. The lowest BCUT2D eigenvalue weighted by Crippen LogP contribution is -2.15. The highest BCUT2D eigenvalue weighted by molar-refractivity contribution is 9.10. The summed E-state index contributed by atoms with van der Waals surface area (Å²) in [5.74, 6) is 0. The van der Waals surface area contributed by atoms with Crippen LogP contribution in [0.3, 0.4) is 0 Å². The summed E-state index contributed by atoms with van der Waals surface area (Å²) in [5.41, 5.74) is 5.78. The van der Waals surface area contributed by atoms with Gasteiger partial charge in [-0.3, -0.25) is 0 Å². The van der Waals surface area contributed by atoms with E-state index in [0.717, 1.165) is 6.42 Å². The SMILES string of the molecule is C/C=C1\C(=C/CC)C(C)(C)c2cccc(Br)c21. The Morgan fingerprint density at radius 2 is 2.00 bits per heavy atom. The molecule has 1 aromatic carbocycles. The lowest BCUT2D eigenvalue weighted by atomic mass is 9.82. The summed E-state index contributed by atoms with van der Waals surface area (Å²) >= 11 is 3.69. The van der Waals surface area contributed by atoms with Crippen LogP contribution in [0.2, 0.25) is 0 Å². The van der Waals surface area contributed by atoms with Gasteiger partial charge in [-0.1, -0.05) is 61.0 Å². The van der Waals surface area contributed by atoms with Gasteiger partial charge in [-0.15, -0.1) is 0 Å². The van der Waals surface area contributed by atoms with Gasteiger partial charge in [0.1, 0.15) is 0 Å². The predicted octanol–water partition coefficient (Wildman–Crippen LogP) is 5.48. The second-order valence-corrected chi connectivity index (χ2v) is 5.87. The summed E-state index contributed by atoms with van der Waals surface area (Å²) in [6, 6.07) is 6.51. The molecule has 0 nitrogen and oxygen atoms in total. The molecule has 1 aliphatic carbocycles. The van der Waals surface area contributed by atoms with Crippen LogP contribution in [-0.4, -0.2) is 0 Å². The summed E-state index contributed by atoms with van der Waals surface area (Å²) in [4.78, 5) is 0. The first kappa shape index (κ1) is 12.6. The third-order valence-corrected chi connectivity index (χ3v) is 4.28. The molecule has 0 radical (unpaired) electrons. The van der Waals surface area contributed by atoms with E-state index in [0.29, 0.717) is 0 Å². The molecule has 1 aromatic rings. The summed E-state index contributed by atoms with van der Waals surface area (Å²) in [7, 11) is 0. The number of fused-ring (bicyclic) bond motifs is 1. The molecule has 0 heterocycles. The summed E-state index contributed by atoms with van der Waals surface area (Å²) in [6.45, 7) is 8.96. The Hall–Kier alpha value is -0.820. The Morgan fingerprint density at radius 3 is 2.59 bits per heavy atom. The number of allylic oxidation sites excluding steroid dienone is 4. The highest BCUT2D eigenvalue weighted by atomic mass is 79.9. The van der Waals surface area contributed by atoms with E-state index in [1.165, 1.54) is 26.7 Å². The van der Waals surface area contributed by atoms with Crippen LogP contribution in [0, 0.1) is 0 Å². The molecular weight excluding hydrogens is 272 g/mol. The zero-order chi connectivity index (χ0) is 12.6. The van der Waals surface area contributed by atoms with Gasteiger partial charge in [0.2, 0.25) is 0 Å². The molecule has 0 fully saturated rings. The molecule has 0 saturated carbocycles. The van der Waals surface area contributed by atoms with Crippen LogP contribution in [-0.2, 0) is 5.41 Å². The van der Waals surface area contributed by atoms with Gasteiger partial charge in [0, 0.05) is 9.89 Å². The minimum atomic E-state index is 0.122.